The third-order valence-electron chi connectivity index (χ3n) is 2.87. The van der Waals surface area contributed by atoms with Crippen LogP contribution in [0.2, 0.25) is 0 Å². The minimum absolute atomic E-state index is 0. The van der Waals surface area contributed by atoms with Crippen molar-refractivity contribution in [1.29, 1.82) is 0 Å². The topological polar surface area (TPSA) is 198 Å². The van der Waals surface area contributed by atoms with Crippen LogP contribution >= 0.6 is 0 Å². The van der Waals surface area contributed by atoms with Gasteiger partial charge in [-0.15, -0.1) is 0 Å². The number of hydrogen-bond donors (Lipinski definition) is 1. The summed E-state index contributed by atoms with van der Waals surface area (Å²) in [6.07, 6.45) is 0. The predicted molar refractivity (Wildman–Crippen MR) is 72.3 cm³/mol. The maximum absolute atomic E-state index is 11.3. The Bertz CT molecular complexity index is 1150. The Morgan fingerprint density at radius 1 is 0.692 bits per heavy atom. The van der Waals surface area contributed by atoms with Crippen LogP contribution in [0.4, 0.5) is 5.69 Å². The molecular formula is C10H6NNa3O9S3. The van der Waals surface area contributed by atoms with Gasteiger partial charge in [-0.3, -0.25) is 0 Å². The van der Waals surface area contributed by atoms with E-state index in [2.05, 4.69) is 0 Å². The maximum Gasteiger partial charge on any atom is 1.00 e. The summed E-state index contributed by atoms with van der Waals surface area (Å²) in [6, 6.07) is 2.33. The molecule has 0 saturated heterocycles. The van der Waals surface area contributed by atoms with Crippen molar-refractivity contribution in [2.45, 2.75) is 14.7 Å². The standard InChI is InChI=1S/C10H9NO9S3.3Na/c11-7-1-2-8(22(15,16)17)6-3-5(21(12,13)14)4-9(10(6)7)23(18,19)20;;;/h1-4H,11H2,(H,12,13,14)(H,15,16,17)(H,18,19,20);;;/q;3*+1/p-3. The first-order valence-corrected chi connectivity index (χ1v) is 9.69. The fourth-order valence-corrected chi connectivity index (χ4v) is 3.99. The summed E-state index contributed by atoms with van der Waals surface area (Å²) in [6.45, 7) is 0. The molecule has 0 bridgehead atoms. The van der Waals surface area contributed by atoms with E-state index >= 15 is 0 Å². The zero-order chi connectivity index (χ0) is 17.8. The van der Waals surface area contributed by atoms with Crippen LogP contribution < -0.4 is 94.4 Å². The molecule has 2 aromatic carbocycles. The molecule has 0 aliphatic rings. The molecule has 0 radical (unpaired) electrons. The van der Waals surface area contributed by atoms with Gasteiger partial charge in [0.15, 0.2) is 0 Å². The Balaban J connectivity index is 0. The van der Waals surface area contributed by atoms with Crippen LogP contribution in [-0.4, -0.2) is 38.9 Å². The van der Waals surface area contributed by atoms with Crippen molar-refractivity contribution in [2.24, 2.45) is 0 Å². The fourth-order valence-electron chi connectivity index (χ4n) is 1.98. The van der Waals surface area contributed by atoms with Crippen molar-refractivity contribution in [1.82, 2.24) is 0 Å². The Kier molecular flexibility index (Phi) is 11.1. The molecule has 126 valence electrons. The van der Waals surface area contributed by atoms with Gasteiger partial charge < -0.3 is 19.4 Å². The SMILES string of the molecule is Nc1ccc(S(=O)(=O)[O-])c2cc(S(=O)(=O)[O-])cc(S(=O)(=O)[O-])c12.[Na+].[Na+].[Na+]. The molecule has 0 spiro atoms. The van der Waals surface area contributed by atoms with Crippen molar-refractivity contribution >= 4 is 46.8 Å². The second-order valence-electron chi connectivity index (χ2n) is 4.36. The van der Waals surface area contributed by atoms with Gasteiger partial charge in [-0.25, -0.2) is 25.3 Å². The van der Waals surface area contributed by atoms with Crippen molar-refractivity contribution < 1.29 is 128 Å². The number of rotatable bonds is 3. The van der Waals surface area contributed by atoms with Crippen LogP contribution in [0.3, 0.4) is 0 Å². The maximum atomic E-state index is 11.3. The minimum atomic E-state index is -5.33. The van der Waals surface area contributed by atoms with E-state index in [1.54, 1.807) is 0 Å². The van der Waals surface area contributed by atoms with E-state index in [1.807, 2.05) is 0 Å². The van der Waals surface area contributed by atoms with Crippen LogP contribution in [0, 0.1) is 0 Å². The van der Waals surface area contributed by atoms with Crippen LogP contribution in [0.15, 0.2) is 39.0 Å². The van der Waals surface area contributed by atoms with Gasteiger partial charge in [0.1, 0.15) is 30.4 Å². The molecule has 2 aromatic rings. The van der Waals surface area contributed by atoms with Gasteiger partial charge in [0.05, 0.1) is 14.7 Å². The van der Waals surface area contributed by atoms with Gasteiger partial charge in [-0.05, 0) is 24.3 Å². The molecule has 0 aliphatic heterocycles. The van der Waals surface area contributed by atoms with Crippen LogP contribution in [0.25, 0.3) is 10.8 Å². The van der Waals surface area contributed by atoms with E-state index in [9.17, 15) is 38.9 Å². The summed E-state index contributed by atoms with van der Waals surface area (Å²) >= 11 is 0. The molecule has 2 N–H and O–H groups in total. The summed E-state index contributed by atoms with van der Waals surface area (Å²) < 4.78 is 101. The average molecular weight is 449 g/mol. The molecule has 0 atom stereocenters. The Morgan fingerprint density at radius 2 is 1.15 bits per heavy atom. The normalized spacial score (nSPS) is 11.8. The van der Waals surface area contributed by atoms with Gasteiger partial charge in [-0.2, -0.15) is 0 Å². The smallest absolute Gasteiger partial charge is 0.744 e. The largest absolute Gasteiger partial charge is 1.00 e. The molecule has 26 heavy (non-hydrogen) atoms. The van der Waals surface area contributed by atoms with E-state index in [0.29, 0.717) is 12.1 Å². The third kappa shape index (κ3) is 6.37. The van der Waals surface area contributed by atoms with E-state index < -0.39 is 61.5 Å². The van der Waals surface area contributed by atoms with Crippen LogP contribution in [0.1, 0.15) is 0 Å². The van der Waals surface area contributed by atoms with Gasteiger partial charge >= 0.3 is 88.7 Å². The van der Waals surface area contributed by atoms with Gasteiger partial charge in [0.2, 0.25) is 0 Å². The zero-order valence-corrected chi connectivity index (χ0v) is 22.2. The second kappa shape index (κ2) is 9.82. The number of nitrogen functional groups attached to an aromatic ring is 1. The van der Waals surface area contributed by atoms with Crippen LogP contribution in [-0.2, 0) is 30.4 Å². The number of hydrogen-bond acceptors (Lipinski definition) is 10. The van der Waals surface area contributed by atoms with Gasteiger partial charge in [-0.1, -0.05) is 0 Å². The van der Waals surface area contributed by atoms with Gasteiger partial charge in [0, 0.05) is 16.5 Å². The molecule has 2 rings (SSSR count). The molecule has 16 heteroatoms. The first-order chi connectivity index (χ1) is 10.2. The summed E-state index contributed by atoms with van der Waals surface area (Å²) in [7, 11) is -15.7. The molecular weight excluding hydrogens is 443 g/mol. The number of anilines is 1. The molecule has 0 aromatic heterocycles. The molecule has 10 nitrogen and oxygen atoms in total. The number of nitrogens with two attached hydrogens (primary N) is 1. The van der Waals surface area contributed by atoms with Crippen LogP contribution in [0.5, 0.6) is 0 Å². The number of benzene rings is 2. The molecule has 0 fully saturated rings. The molecule has 0 amide bonds. The van der Waals surface area contributed by atoms with E-state index in [0.717, 1.165) is 6.07 Å². The number of fused-ring (bicyclic) bond motifs is 1. The molecule has 0 aliphatic carbocycles. The first kappa shape index (κ1) is 29.4. The summed E-state index contributed by atoms with van der Waals surface area (Å²) in [5, 5.41) is -1.39. The van der Waals surface area contributed by atoms with E-state index in [1.165, 1.54) is 0 Å². The Hall–Kier alpha value is 1.23. The van der Waals surface area contributed by atoms with Gasteiger partial charge in [0.25, 0.3) is 0 Å². The zero-order valence-electron chi connectivity index (χ0n) is 13.8. The summed E-state index contributed by atoms with van der Waals surface area (Å²) in [4.78, 5) is -3.42. The average Bonchev–Trinajstić information content (AvgIpc) is 2.34. The van der Waals surface area contributed by atoms with Crippen molar-refractivity contribution in [3.8, 4) is 0 Å². The van der Waals surface area contributed by atoms with Crippen molar-refractivity contribution in [3.05, 3.63) is 24.3 Å². The molecule has 0 heterocycles. The minimum Gasteiger partial charge on any atom is -0.744 e. The third-order valence-corrected chi connectivity index (χ3v) is 5.44. The predicted octanol–water partition coefficient (Wildman–Crippen LogP) is -9.85. The Morgan fingerprint density at radius 3 is 1.54 bits per heavy atom. The quantitative estimate of drug-likeness (QED) is 0.267. The van der Waals surface area contributed by atoms with E-state index in [4.69, 9.17) is 5.73 Å². The molecule has 0 saturated carbocycles. The fraction of sp³-hybridized carbons (Fsp3) is 0. The second-order valence-corrected chi connectivity index (χ2v) is 8.44. The van der Waals surface area contributed by atoms with Crippen molar-refractivity contribution in [3.63, 3.8) is 0 Å². The van der Waals surface area contributed by atoms with Crippen molar-refractivity contribution in [2.75, 3.05) is 5.73 Å². The monoisotopic (exact) mass is 449 g/mol. The molecule has 0 unspecified atom stereocenters. The van der Waals surface area contributed by atoms with E-state index in [-0.39, 0.29) is 94.7 Å². The first-order valence-electron chi connectivity index (χ1n) is 5.47. The summed E-state index contributed by atoms with van der Waals surface area (Å²) in [5.41, 5.74) is 5.11. The summed E-state index contributed by atoms with van der Waals surface area (Å²) in [5.74, 6) is 0. The Labute approximate surface area is 216 Å².